The van der Waals surface area contributed by atoms with E-state index >= 15 is 0 Å². The predicted octanol–water partition coefficient (Wildman–Crippen LogP) is 5.38. The van der Waals surface area contributed by atoms with Crippen molar-refractivity contribution in [2.45, 2.75) is 12.2 Å². The number of hydrogen-bond donors (Lipinski definition) is 1. The third kappa shape index (κ3) is 4.23. The molecule has 1 N–H and O–H groups in total. The van der Waals surface area contributed by atoms with Gasteiger partial charge in [-0.15, -0.1) is 0 Å². The molecule has 0 aliphatic carbocycles. The highest BCUT2D eigenvalue weighted by molar-refractivity contribution is 6.51. The standard InChI is InChI=1S/C24H14F4N2O5/c25-18-4-2-1-3-17(18)20-19(21(31)13-5-9-16(10-6-13)30(34)35)22(32)23(33)29(20)15-11-7-14(8-12-15)24(26,27)28/h1-12,20,31H/b21-19+. The van der Waals surface area contributed by atoms with Gasteiger partial charge in [-0.05, 0) is 42.5 Å². The van der Waals surface area contributed by atoms with Gasteiger partial charge in [-0.1, -0.05) is 18.2 Å². The Kier molecular flexibility index (Phi) is 5.85. The van der Waals surface area contributed by atoms with Gasteiger partial charge in [0, 0.05) is 28.9 Å². The summed E-state index contributed by atoms with van der Waals surface area (Å²) in [5.74, 6) is -3.94. The fourth-order valence-electron chi connectivity index (χ4n) is 3.80. The van der Waals surface area contributed by atoms with Crippen LogP contribution in [-0.4, -0.2) is 21.7 Å². The van der Waals surface area contributed by atoms with Gasteiger partial charge >= 0.3 is 6.18 Å². The van der Waals surface area contributed by atoms with Crippen molar-refractivity contribution in [1.29, 1.82) is 0 Å². The van der Waals surface area contributed by atoms with Crippen LogP contribution in [0.3, 0.4) is 0 Å². The number of rotatable bonds is 4. The molecule has 1 fully saturated rings. The average molecular weight is 486 g/mol. The second-order valence-electron chi connectivity index (χ2n) is 7.54. The minimum Gasteiger partial charge on any atom is -0.507 e. The second-order valence-corrected chi connectivity index (χ2v) is 7.54. The van der Waals surface area contributed by atoms with E-state index in [9.17, 15) is 42.4 Å². The van der Waals surface area contributed by atoms with Crippen molar-refractivity contribution in [2.24, 2.45) is 0 Å². The molecule has 0 bridgehead atoms. The molecule has 3 aromatic carbocycles. The summed E-state index contributed by atoms with van der Waals surface area (Å²) >= 11 is 0. The molecule has 0 spiro atoms. The van der Waals surface area contributed by atoms with Crippen LogP contribution in [0, 0.1) is 15.9 Å². The molecule has 3 aromatic rings. The van der Waals surface area contributed by atoms with Crippen molar-refractivity contribution in [3.63, 3.8) is 0 Å². The van der Waals surface area contributed by atoms with E-state index in [1.54, 1.807) is 0 Å². The number of carbonyl (C=O) groups excluding carboxylic acids is 2. The summed E-state index contributed by atoms with van der Waals surface area (Å²) in [7, 11) is 0. The summed E-state index contributed by atoms with van der Waals surface area (Å²) in [6, 6.07) is 11.4. The largest absolute Gasteiger partial charge is 0.507 e. The van der Waals surface area contributed by atoms with Gasteiger partial charge in [0.25, 0.3) is 17.4 Å². The Morgan fingerprint density at radius 2 is 1.54 bits per heavy atom. The van der Waals surface area contributed by atoms with Gasteiger partial charge in [0.1, 0.15) is 11.6 Å². The molecule has 7 nitrogen and oxygen atoms in total. The Bertz CT molecular complexity index is 1370. The summed E-state index contributed by atoms with van der Waals surface area (Å²) in [6.45, 7) is 0. The third-order valence-electron chi connectivity index (χ3n) is 5.47. The van der Waals surface area contributed by atoms with Crippen molar-refractivity contribution in [1.82, 2.24) is 0 Å². The van der Waals surface area contributed by atoms with Crippen molar-refractivity contribution in [3.8, 4) is 0 Å². The van der Waals surface area contributed by atoms with Crippen LogP contribution in [-0.2, 0) is 15.8 Å². The lowest BCUT2D eigenvalue weighted by Crippen LogP contribution is -2.30. The monoisotopic (exact) mass is 486 g/mol. The van der Waals surface area contributed by atoms with Crippen LogP contribution < -0.4 is 4.90 Å². The van der Waals surface area contributed by atoms with Crippen LogP contribution in [0.2, 0.25) is 0 Å². The number of Topliss-reactive ketones (excluding diaryl/α,β-unsaturated/α-hetero) is 1. The number of aliphatic hydroxyl groups excluding tert-OH is 1. The minimum atomic E-state index is -4.65. The quantitative estimate of drug-likeness (QED) is 0.133. The first-order chi connectivity index (χ1) is 16.5. The van der Waals surface area contributed by atoms with Crippen molar-refractivity contribution in [2.75, 3.05) is 4.90 Å². The van der Waals surface area contributed by atoms with Crippen LogP contribution in [0.4, 0.5) is 28.9 Å². The van der Waals surface area contributed by atoms with E-state index in [2.05, 4.69) is 0 Å². The highest BCUT2D eigenvalue weighted by Crippen LogP contribution is 2.43. The van der Waals surface area contributed by atoms with Gasteiger partial charge < -0.3 is 5.11 Å². The topological polar surface area (TPSA) is 101 Å². The summed E-state index contributed by atoms with van der Waals surface area (Å²) in [4.78, 5) is 37.0. The smallest absolute Gasteiger partial charge is 0.416 e. The molecule has 1 saturated heterocycles. The van der Waals surface area contributed by atoms with E-state index in [4.69, 9.17) is 0 Å². The summed E-state index contributed by atoms with van der Waals surface area (Å²) < 4.78 is 53.8. The molecule has 0 saturated carbocycles. The zero-order chi connectivity index (χ0) is 25.5. The number of halogens is 4. The Labute approximate surface area is 194 Å². The minimum absolute atomic E-state index is 0.0534. The van der Waals surface area contributed by atoms with E-state index in [0.29, 0.717) is 12.1 Å². The average Bonchev–Trinajstić information content (AvgIpc) is 3.08. The number of carbonyl (C=O) groups is 2. The molecule has 11 heteroatoms. The fraction of sp³-hybridized carbons (Fsp3) is 0.0833. The van der Waals surface area contributed by atoms with Gasteiger partial charge in [-0.2, -0.15) is 13.2 Å². The van der Waals surface area contributed by atoms with E-state index in [1.807, 2.05) is 0 Å². The number of ketones is 1. The number of nitrogens with zero attached hydrogens (tertiary/aromatic N) is 2. The van der Waals surface area contributed by atoms with Crippen LogP contribution in [0.25, 0.3) is 5.76 Å². The predicted molar refractivity (Wildman–Crippen MR) is 116 cm³/mol. The normalized spacial score (nSPS) is 17.6. The van der Waals surface area contributed by atoms with Gasteiger partial charge in [0.05, 0.1) is 22.1 Å². The zero-order valence-electron chi connectivity index (χ0n) is 17.5. The van der Waals surface area contributed by atoms with Gasteiger partial charge in [0.2, 0.25) is 0 Å². The Balaban J connectivity index is 1.90. The molecule has 4 rings (SSSR count). The van der Waals surface area contributed by atoms with E-state index < -0.39 is 51.5 Å². The summed E-state index contributed by atoms with van der Waals surface area (Å²) in [5, 5.41) is 21.8. The molecule has 1 atom stereocenters. The SMILES string of the molecule is O=C1C(=O)N(c2ccc(C(F)(F)F)cc2)C(c2ccccc2F)/C1=C(\O)c1ccc([N+](=O)[O-])cc1. The lowest BCUT2D eigenvalue weighted by molar-refractivity contribution is -0.384. The van der Waals surface area contributed by atoms with Crippen molar-refractivity contribution < 1.29 is 37.2 Å². The molecule has 1 aliphatic rings. The zero-order valence-corrected chi connectivity index (χ0v) is 17.5. The number of hydrogen-bond acceptors (Lipinski definition) is 5. The van der Waals surface area contributed by atoms with Crippen molar-refractivity contribution in [3.05, 3.63) is 111 Å². The van der Waals surface area contributed by atoms with Gasteiger partial charge in [0.15, 0.2) is 0 Å². The van der Waals surface area contributed by atoms with E-state index in [1.165, 1.54) is 18.2 Å². The van der Waals surface area contributed by atoms with Crippen LogP contribution in [0.15, 0.2) is 78.4 Å². The maximum Gasteiger partial charge on any atom is 0.416 e. The van der Waals surface area contributed by atoms with Crippen LogP contribution in [0.1, 0.15) is 22.7 Å². The Morgan fingerprint density at radius 3 is 2.09 bits per heavy atom. The summed E-state index contributed by atoms with van der Waals surface area (Å²) in [5.41, 5.74) is -2.18. The molecular formula is C24H14F4N2O5. The lowest BCUT2D eigenvalue weighted by Gasteiger charge is -2.26. The van der Waals surface area contributed by atoms with Crippen LogP contribution >= 0.6 is 0 Å². The molecule has 1 unspecified atom stereocenters. The van der Waals surface area contributed by atoms with Crippen molar-refractivity contribution >= 4 is 28.8 Å². The molecule has 1 heterocycles. The molecule has 1 aliphatic heterocycles. The lowest BCUT2D eigenvalue weighted by atomic mass is 9.94. The second kappa shape index (κ2) is 8.67. The maximum atomic E-state index is 14.8. The van der Waals surface area contributed by atoms with E-state index in [-0.39, 0.29) is 22.5 Å². The Hall–Kier alpha value is -4.54. The first-order valence-electron chi connectivity index (χ1n) is 9.98. The first-order valence-corrected chi connectivity index (χ1v) is 9.98. The number of non-ortho nitro benzene ring substituents is 1. The maximum absolute atomic E-state index is 14.8. The molecule has 0 radical (unpaired) electrons. The molecule has 178 valence electrons. The van der Waals surface area contributed by atoms with Gasteiger partial charge in [-0.3, -0.25) is 24.6 Å². The van der Waals surface area contributed by atoms with Crippen LogP contribution in [0.5, 0.6) is 0 Å². The summed E-state index contributed by atoms with van der Waals surface area (Å²) in [6.07, 6.45) is -4.65. The molecule has 0 aromatic heterocycles. The molecule has 35 heavy (non-hydrogen) atoms. The fourth-order valence-corrected chi connectivity index (χ4v) is 3.80. The highest BCUT2D eigenvalue weighted by atomic mass is 19.4. The number of aliphatic hydroxyl groups is 1. The van der Waals surface area contributed by atoms with E-state index in [0.717, 1.165) is 47.4 Å². The molecular weight excluding hydrogens is 472 g/mol. The van der Waals surface area contributed by atoms with Gasteiger partial charge in [-0.25, -0.2) is 4.39 Å². The highest BCUT2D eigenvalue weighted by Gasteiger charge is 2.48. The molecule has 1 amide bonds. The first kappa shape index (κ1) is 23.6. The Morgan fingerprint density at radius 1 is 0.943 bits per heavy atom. The third-order valence-corrected chi connectivity index (χ3v) is 5.47. The number of anilines is 1. The number of benzene rings is 3. The number of alkyl halides is 3. The number of amides is 1. The number of nitro benzene ring substituents is 1. The number of nitro groups is 1.